The molecule has 2 heterocycles. The average Bonchev–Trinajstić information content (AvgIpc) is 2.97. The van der Waals surface area contributed by atoms with Crippen LogP contribution in [0, 0.1) is 0 Å². The predicted molar refractivity (Wildman–Crippen MR) is 83.8 cm³/mol. The molecule has 2 aromatic heterocycles. The Morgan fingerprint density at radius 3 is 2.76 bits per heavy atom. The molecule has 21 heavy (non-hydrogen) atoms. The fraction of sp³-hybridized carbons (Fsp3) is 0.286. The zero-order valence-corrected chi connectivity index (χ0v) is 12.3. The first-order valence-corrected chi connectivity index (χ1v) is 6.68. The summed E-state index contributed by atoms with van der Waals surface area (Å²) in [7, 11) is 5.93. The lowest BCUT2D eigenvalue weighted by molar-refractivity contribution is 0.814. The highest BCUT2D eigenvalue weighted by Crippen LogP contribution is 2.17. The summed E-state index contributed by atoms with van der Waals surface area (Å²) in [6, 6.07) is 5.73. The Morgan fingerprint density at radius 2 is 2.05 bits per heavy atom. The SMILES string of the molecule is CN(C)c1ncc(CNc2ccc3[nH]c(=O)[nH]c3c2)n1C. The van der Waals surface area contributed by atoms with Crippen molar-refractivity contribution in [2.75, 3.05) is 24.3 Å². The molecule has 0 aliphatic heterocycles. The van der Waals surface area contributed by atoms with Crippen molar-refractivity contribution in [3.8, 4) is 0 Å². The zero-order valence-electron chi connectivity index (χ0n) is 12.3. The molecular formula is C14H18N6O. The number of imidazole rings is 2. The normalized spacial score (nSPS) is 11.0. The summed E-state index contributed by atoms with van der Waals surface area (Å²) in [4.78, 5) is 23.1. The maximum absolute atomic E-state index is 11.2. The standard InChI is InChI=1S/C14H18N6O/c1-19(2)14-16-8-10(20(14)3)7-15-9-4-5-11-12(6-9)18-13(21)17-11/h4-6,8,15H,7H2,1-3H3,(H2,17,18,21). The molecule has 0 saturated carbocycles. The van der Waals surface area contributed by atoms with Crippen LogP contribution in [-0.4, -0.2) is 33.6 Å². The number of aromatic nitrogens is 4. The fourth-order valence-electron chi connectivity index (χ4n) is 2.35. The number of fused-ring (bicyclic) bond motifs is 1. The second kappa shape index (κ2) is 5.01. The van der Waals surface area contributed by atoms with Gasteiger partial charge in [-0.1, -0.05) is 0 Å². The molecule has 0 fully saturated rings. The second-order valence-corrected chi connectivity index (χ2v) is 5.20. The van der Waals surface area contributed by atoms with Gasteiger partial charge in [0.2, 0.25) is 5.95 Å². The van der Waals surface area contributed by atoms with Gasteiger partial charge in [0.25, 0.3) is 0 Å². The number of nitrogens with zero attached hydrogens (tertiary/aromatic N) is 3. The van der Waals surface area contributed by atoms with Crippen LogP contribution in [0.1, 0.15) is 5.69 Å². The van der Waals surface area contributed by atoms with Gasteiger partial charge >= 0.3 is 5.69 Å². The number of nitrogens with one attached hydrogen (secondary N) is 3. The Hall–Kier alpha value is -2.70. The third-order valence-corrected chi connectivity index (χ3v) is 3.45. The molecule has 0 aliphatic rings. The molecule has 0 amide bonds. The van der Waals surface area contributed by atoms with E-state index in [-0.39, 0.29) is 5.69 Å². The number of rotatable bonds is 4. The average molecular weight is 286 g/mol. The molecule has 7 nitrogen and oxygen atoms in total. The summed E-state index contributed by atoms with van der Waals surface area (Å²) in [5.41, 5.74) is 3.45. The Balaban J connectivity index is 1.78. The van der Waals surface area contributed by atoms with E-state index in [2.05, 4.69) is 20.3 Å². The Labute approximate surface area is 121 Å². The summed E-state index contributed by atoms with van der Waals surface area (Å²) < 4.78 is 2.05. The number of H-pyrrole nitrogens is 2. The van der Waals surface area contributed by atoms with E-state index >= 15 is 0 Å². The van der Waals surface area contributed by atoms with Gasteiger partial charge in [0.15, 0.2) is 0 Å². The van der Waals surface area contributed by atoms with Gasteiger partial charge in [0.05, 0.1) is 29.5 Å². The molecule has 110 valence electrons. The molecule has 0 saturated heterocycles. The van der Waals surface area contributed by atoms with Crippen molar-refractivity contribution in [1.29, 1.82) is 0 Å². The molecule has 3 N–H and O–H groups in total. The van der Waals surface area contributed by atoms with Gasteiger partial charge in [-0.05, 0) is 18.2 Å². The first kappa shape index (κ1) is 13.3. The van der Waals surface area contributed by atoms with E-state index in [1.54, 1.807) is 0 Å². The highest BCUT2D eigenvalue weighted by atomic mass is 16.1. The lowest BCUT2D eigenvalue weighted by atomic mass is 10.2. The quantitative estimate of drug-likeness (QED) is 0.674. The van der Waals surface area contributed by atoms with Crippen LogP contribution in [0.4, 0.5) is 11.6 Å². The summed E-state index contributed by atoms with van der Waals surface area (Å²) >= 11 is 0. The molecule has 3 rings (SSSR count). The van der Waals surface area contributed by atoms with Crippen LogP contribution in [0.25, 0.3) is 11.0 Å². The van der Waals surface area contributed by atoms with Crippen LogP contribution in [0.15, 0.2) is 29.2 Å². The minimum absolute atomic E-state index is 0.190. The van der Waals surface area contributed by atoms with E-state index in [1.807, 2.05) is 55.0 Å². The van der Waals surface area contributed by atoms with E-state index in [9.17, 15) is 4.79 Å². The second-order valence-electron chi connectivity index (χ2n) is 5.20. The first-order valence-electron chi connectivity index (χ1n) is 6.68. The first-order chi connectivity index (χ1) is 10.0. The van der Waals surface area contributed by atoms with Crippen LogP contribution < -0.4 is 15.9 Å². The molecule has 0 atom stereocenters. The Kier molecular flexibility index (Phi) is 3.17. The monoisotopic (exact) mass is 286 g/mol. The van der Waals surface area contributed by atoms with Crippen LogP contribution in [0.3, 0.4) is 0 Å². The van der Waals surface area contributed by atoms with Gasteiger partial charge in [-0.2, -0.15) is 0 Å². The fourth-order valence-corrected chi connectivity index (χ4v) is 2.35. The van der Waals surface area contributed by atoms with E-state index < -0.39 is 0 Å². The predicted octanol–water partition coefficient (Wildman–Crippen LogP) is 1.27. The minimum atomic E-state index is -0.190. The lowest BCUT2D eigenvalue weighted by Crippen LogP contribution is -2.15. The van der Waals surface area contributed by atoms with E-state index in [1.165, 1.54) is 0 Å². The minimum Gasteiger partial charge on any atom is -0.379 e. The van der Waals surface area contributed by atoms with E-state index in [0.717, 1.165) is 28.4 Å². The van der Waals surface area contributed by atoms with Crippen LogP contribution in [-0.2, 0) is 13.6 Å². The van der Waals surface area contributed by atoms with Crippen LogP contribution in [0.2, 0.25) is 0 Å². The molecule has 7 heteroatoms. The lowest BCUT2D eigenvalue weighted by Gasteiger charge is -2.13. The van der Waals surface area contributed by atoms with Crippen molar-refractivity contribution in [1.82, 2.24) is 19.5 Å². The maximum Gasteiger partial charge on any atom is 0.323 e. The Morgan fingerprint density at radius 1 is 1.29 bits per heavy atom. The van der Waals surface area contributed by atoms with E-state index in [0.29, 0.717) is 6.54 Å². The van der Waals surface area contributed by atoms with Crippen molar-refractivity contribution in [2.24, 2.45) is 7.05 Å². The highest BCUT2D eigenvalue weighted by molar-refractivity contribution is 5.78. The number of hydrogen-bond acceptors (Lipinski definition) is 4. The van der Waals surface area contributed by atoms with Crippen molar-refractivity contribution >= 4 is 22.7 Å². The van der Waals surface area contributed by atoms with Gasteiger partial charge < -0.3 is 24.8 Å². The van der Waals surface area contributed by atoms with Crippen molar-refractivity contribution < 1.29 is 0 Å². The third-order valence-electron chi connectivity index (χ3n) is 3.45. The topological polar surface area (TPSA) is 81.7 Å². The molecule has 0 radical (unpaired) electrons. The smallest absolute Gasteiger partial charge is 0.323 e. The number of anilines is 2. The molecular weight excluding hydrogens is 268 g/mol. The summed E-state index contributed by atoms with van der Waals surface area (Å²) in [5.74, 6) is 0.914. The van der Waals surface area contributed by atoms with Gasteiger partial charge in [-0.3, -0.25) is 0 Å². The number of benzene rings is 1. The number of hydrogen-bond donors (Lipinski definition) is 3. The molecule has 0 aliphatic carbocycles. The number of aromatic amines is 2. The maximum atomic E-state index is 11.2. The summed E-state index contributed by atoms with van der Waals surface area (Å²) in [5, 5.41) is 3.34. The Bertz CT molecular complexity index is 825. The van der Waals surface area contributed by atoms with Gasteiger partial charge in [-0.15, -0.1) is 0 Å². The third kappa shape index (κ3) is 2.49. The van der Waals surface area contributed by atoms with Crippen LogP contribution in [0.5, 0.6) is 0 Å². The largest absolute Gasteiger partial charge is 0.379 e. The van der Waals surface area contributed by atoms with Gasteiger partial charge in [-0.25, -0.2) is 9.78 Å². The summed E-state index contributed by atoms with van der Waals surface area (Å²) in [6.07, 6.45) is 1.86. The zero-order chi connectivity index (χ0) is 15.0. The van der Waals surface area contributed by atoms with Crippen molar-refractivity contribution in [3.63, 3.8) is 0 Å². The molecule has 0 bridgehead atoms. The molecule has 0 spiro atoms. The van der Waals surface area contributed by atoms with Crippen molar-refractivity contribution in [3.05, 3.63) is 40.6 Å². The highest BCUT2D eigenvalue weighted by Gasteiger charge is 2.08. The van der Waals surface area contributed by atoms with E-state index in [4.69, 9.17) is 0 Å². The van der Waals surface area contributed by atoms with Crippen molar-refractivity contribution in [2.45, 2.75) is 6.54 Å². The van der Waals surface area contributed by atoms with Gasteiger partial charge in [0.1, 0.15) is 0 Å². The molecule has 1 aromatic carbocycles. The van der Waals surface area contributed by atoms with Gasteiger partial charge in [0, 0.05) is 26.8 Å². The summed E-state index contributed by atoms with van der Waals surface area (Å²) in [6.45, 7) is 0.664. The van der Waals surface area contributed by atoms with Crippen LogP contribution >= 0.6 is 0 Å². The molecule has 3 aromatic rings. The molecule has 0 unspecified atom stereocenters.